The quantitative estimate of drug-likeness (QED) is 0.0290. The van der Waals surface area contributed by atoms with E-state index in [1.807, 2.05) is 0 Å². The highest BCUT2D eigenvalue weighted by Gasteiger charge is 2.27. The van der Waals surface area contributed by atoms with E-state index < -0.39 is 20.0 Å². The summed E-state index contributed by atoms with van der Waals surface area (Å²) < 4.78 is 22.1. The van der Waals surface area contributed by atoms with E-state index in [9.17, 15) is 19.4 Å². The summed E-state index contributed by atoms with van der Waals surface area (Å²) in [5.74, 6) is -0.171. The van der Waals surface area contributed by atoms with Crippen LogP contribution in [0.5, 0.6) is 0 Å². The van der Waals surface area contributed by atoms with Gasteiger partial charge in [0.2, 0.25) is 5.91 Å². The first-order chi connectivity index (χ1) is 22.9. The van der Waals surface area contributed by atoms with Gasteiger partial charge in [0.05, 0.1) is 25.4 Å². The molecule has 3 unspecified atom stereocenters. The van der Waals surface area contributed by atoms with Crippen LogP contribution in [0.15, 0.2) is 12.2 Å². The zero-order chi connectivity index (χ0) is 34.7. The summed E-state index contributed by atoms with van der Waals surface area (Å²) in [4.78, 5) is 22.6. The van der Waals surface area contributed by atoms with Crippen molar-refractivity contribution in [1.82, 2.24) is 5.32 Å². The largest absolute Gasteiger partial charge is 0.472 e. The Labute approximate surface area is 290 Å². The van der Waals surface area contributed by atoms with Gasteiger partial charge in [0.15, 0.2) is 0 Å². The zero-order valence-electron chi connectivity index (χ0n) is 30.8. The predicted molar refractivity (Wildman–Crippen MR) is 198 cm³/mol. The summed E-state index contributed by atoms with van der Waals surface area (Å²) >= 11 is 0. The lowest BCUT2D eigenvalue weighted by molar-refractivity contribution is -0.123. The Bertz CT molecular complexity index is 754. The van der Waals surface area contributed by atoms with Gasteiger partial charge in [-0.2, -0.15) is 0 Å². The first-order valence-corrected chi connectivity index (χ1v) is 21.3. The maximum Gasteiger partial charge on any atom is 0.472 e. The molecule has 1 amide bonds. The molecule has 280 valence electrons. The van der Waals surface area contributed by atoms with Crippen LogP contribution in [-0.2, 0) is 18.4 Å². The van der Waals surface area contributed by atoms with Gasteiger partial charge in [-0.25, -0.2) is 4.57 Å². The highest BCUT2D eigenvalue weighted by Crippen LogP contribution is 2.43. The van der Waals surface area contributed by atoms with Gasteiger partial charge in [0, 0.05) is 13.0 Å². The standard InChI is InChI=1S/C38H77N2O6P/c1-3-5-7-9-11-13-15-17-18-20-21-23-25-27-29-31-37(41)36(35-46-47(43,44)45-34-33-39)40-38(42)32-30-28-26-24-22-19-16-14-12-10-8-6-4-2/h14,16,36-37,41H,3-13,15,17-35,39H2,1-2H3,(H,40,42)(H,43,44)/b16-14-. The number of nitrogens with one attached hydrogen (secondary N) is 1. The number of allylic oxidation sites excluding steroid dienone is 2. The second kappa shape index (κ2) is 35.1. The maximum absolute atomic E-state index is 12.7. The lowest BCUT2D eigenvalue weighted by Crippen LogP contribution is -2.46. The van der Waals surface area contributed by atoms with Crippen molar-refractivity contribution in [1.29, 1.82) is 0 Å². The number of phosphoric acid groups is 1. The average Bonchev–Trinajstić information content (AvgIpc) is 3.05. The number of hydrogen-bond donors (Lipinski definition) is 4. The number of aliphatic hydroxyl groups excluding tert-OH is 1. The SMILES string of the molecule is CCCCCC/C=C\CCCCCCCC(=O)NC(COP(=O)(O)OCCN)C(O)CCCCCCCCCCCCCCCCC. The third kappa shape index (κ3) is 33.5. The second-order valence-corrected chi connectivity index (χ2v) is 14.9. The van der Waals surface area contributed by atoms with E-state index in [-0.39, 0.29) is 25.7 Å². The maximum atomic E-state index is 12.7. The zero-order valence-corrected chi connectivity index (χ0v) is 31.7. The van der Waals surface area contributed by atoms with E-state index in [2.05, 4.69) is 31.3 Å². The van der Waals surface area contributed by atoms with E-state index in [0.717, 1.165) is 51.4 Å². The number of nitrogens with two attached hydrogens (primary N) is 1. The van der Waals surface area contributed by atoms with Crippen LogP contribution in [0.2, 0.25) is 0 Å². The Kier molecular flexibility index (Phi) is 34.5. The van der Waals surface area contributed by atoms with Crippen molar-refractivity contribution in [2.45, 2.75) is 206 Å². The van der Waals surface area contributed by atoms with Gasteiger partial charge in [-0.15, -0.1) is 0 Å². The number of hydrogen-bond acceptors (Lipinski definition) is 6. The van der Waals surface area contributed by atoms with E-state index in [1.165, 1.54) is 116 Å². The Morgan fingerprint density at radius 1 is 0.681 bits per heavy atom. The minimum Gasteiger partial charge on any atom is -0.391 e. The summed E-state index contributed by atoms with van der Waals surface area (Å²) in [5.41, 5.74) is 5.36. The normalized spacial score (nSPS) is 14.4. The van der Waals surface area contributed by atoms with Crippen LogP contribution in [0.3, 0.4) is 0 Å². The van der Waals surface area contributed by atoms with Gasteiger partial charge in [-0.1, -0.05) is 161 Å². The van der Waals surface area contributed by atoms with Crippen molar-refractivity contribution >= 4 is 13.7 Å². The molecule has 0 bridgehead atoms. The van der Waals surface area contributed by atoms with E-state index in [1.54, 1.807) is 0 Å². The molecule has 0 fully saturated rings. The molecular weight excluding hydrogens is 611 g/mol. The van der Waals surface area contributed by atoms with Crippen LogP contribution in [-0.4, -0.2) is 47.8 Å². The Morgan fingerprint density at radius 2 is 1.11 bits per heavy atom. The van der Waals surface area contributed by atoms with Crippen LogP contribution in [0.1, 0.15) is 194 Å². The molecule has 5 N–H and O–H groups in total. The Morgan fingerprint density at radius 3 is 1.60 bits per heavy atom. The van der Waals surface area contributed by atoms with Gasteiger partial charge < -0.3 is 21.1 Å². The van der Waals surface area contributed by atoms with Crippen LogP contribution >= 0.6 is 7.82 Å². The molecule has 0 aliphatic carbocycles. The molecule has 47 heavy (non-hydrogen) atoms. The number of unbranched alkanes of at least 4 members (excludes halogenated alkanes) is 23. The summed E-state index contributed by atoms with van der Waals surface area (Å²) in [7, 11) is -4.31. The average molecular weight is 689 g/mol. The summed E-state index contributed by atoms with van der Waals surface area (Å²) in [6.45, 7) is 4.18. The fraction of sp³-hybridized carbons (Fsp3) is 0.921. The number of carbonyl (C=O) groups is 1. The van der Waals surface area contributed by atoms with Crippen molar-refractivity contribution in [3.63, 3.8) is 0 Å². The number of amides is 1. The monoisotopic (exact) mass is 689 g/mol. The molecule has 0 spiro atoms. The van der Waals surface area contributed by atoms with Crippen molar-refractivity contribution < 1.29 is 28.4 Å². The lowest BCUT2D eigenvalue weighted by atomic mass is 10.0. The van der Waals surface area contributed by atoms with Crippen molar-refractivity contribution in [3.05, 3.63) is 12.2 Å². The van der Waals surface area contributed by atoms with Crippen molar-refractivity contribution in [2.75, 3.05) is 19.8 Å². The van der Waals surface area contributed by atoms with Crippen molar-refractivity contribution in [3.8, 4) is 0 Å². The van der Waals surface area contributed by atoms with E-state index in [0.29, 0.717) is 12.8 Å². The molecule has 0 rings (SSSR count). The molecule has 0 heterocycles. The third-order valence-electron chi connectivity index (χ3n) is 8.87. The minimum absolute atomic E-state index is 0.0890. The predicted octanol–water partition coefficient (Wildman–Crippen LogP) is 10.4. The molecule has 0 aromatic heterocycles. The molecular formula is C38H77N2O6P. The van der Waals surface area contributed by atoms with E-state index >= 15 is 0 Å². The highest BCUT2D eigenvalue weighted by atomic mass is 31.2. The van der Waals surface area contributed by atoms with Crippen LogP contribution < -0.4 is 11.1 Å². The second-order valence-electron chi connectivity index (χ2n) is 13.5. The summed E-state index contributed by atoms with van der Waals surface area (Å²) in [6.07, 6.45) is 36.4. The van der Waals surface area contributed by atoms with Crippen LogP contribution in [0, 0.1) is 0 Å². The van der Waals surface area contributed by atoms with Gasteiger partial charge in [-0.05, 0) is 38.5 Å². The van der Waals surface area contributed by atoms with Crippen LogP contribution in [0.25, 0.3) is 0 Å². The number of aliphatic hydroxyl groups is 1. The molecule has 9 heteroatoms. The number of carbonyl (C=O) groups excluding carboxylic acids is 1. The molecule has 0 saturated heterocycles. The molecule has 0 aliphatic rings. The number of rotatable bonds is 37. The first kappa shape index (κ1) is 46.2. The third-order valence-corrected chi connectivity index (χ3v) is 9.85. The van der Waals surface area contributed by atoms with Gasteiger partial charge in [0.25, 0.3) is 0 Å². The van der Waals surface area contributed by atoms with Gasteiger partial charge >= 0.3 is 7.82 Å². The fourth-order valence-corrected chi connectivity index (χ4v) is 6.60. The van der Waals surface area contributed by atoms with Gasteiger partial charge in [-0.3, -0.25) is 13.8 Å². The summed E-state index contributed by atoms with van der Waals surface area (Å²) in [5, 5.41) is 13.7. The lowest BCUT2D eigenvalue weighted by Gasteiger charge is -2.25. The minimum atomic E-state index is -4.31. The molecule has 3 atom stereocenters. The molecule has 0 aromatic rings. The smallest absolute Gasteiger partial charge is 0.391 e. The number of phosphoric ester groups is 1. The molecule has 0 aromatic carbocycles. The van der Waals surface area contributed by atoms with Crippen molar-refractivity contribution in [2.24, 2.45) is 5.73 Å². The molecule has 0 radical (unpaired) electrons. The molecule has 0 saturated carbocycles. The Balaban J connectivity index is 4.22. The summed E-state index contributed by atoms with van der Waals surface area (Å²) in [6, 6.07) is -0.773. The Hall–Kier alpha value is -0.760. The fourth-order valence-electron chi connectivity index (χ4n) is 5.84. The molecule has 0 aliphatic heterocycles. The first-order valence-electron chi connectivity index (χ1n) is 19.8. The topological polar surface area (TPSA) is 131 Å². The van der Waals surface area contributed by atoms with Crippen LogP contribution in [0.4, 0.5) is 0 Å². The highest BCUT2D eigenvalue weighted by molar-refractivity contribution is 7.47. The van der Waals surface area contributed by atoms with E-state index in [4.69, 9.17) is 14.8 Å². The van der Waals surface area contributed by atoms with Gasteiger partial charge in [0.1, 0.15) is 0 Å². The molecule has 8 nitrogen and oxygen atoms in total.